The van der Waals surface area contributed by atoms with Crippen molar-refractivity contribution in [1.29, 1.82) is 0 Å². The summed E-state index contributed by atoms with van der Waals surface area (Å²) < 4.78 is 0. The lowest BCUT2D eigenvalue weighted by atomic mass is 9.89. The third-order valence-corrected chi connectivity index (χ3v) is 2.92. The zero-order chi connectivity index (χ0) is 10.7. The maximum absolute atomic E-state index is 11.3. The van der Waals surface area contributed by atoms with Gasteiger partial charge in [-0.25, -0.2) is 0 Å². The van der Waals surface area contributed by atoms with E-state index in [1.807, 2.05) is 6.08 Å². The van der Waals surface area contributed by atoms with Crippen LogP contribution in [0.3, 0.4) is 0 Å². The third kappa shape index (κ3) is 2.51. The van der Waals surface area contributed by atoms with Crippen LogP contribution in [-0.2, 0) is 17.6 Å². The summed E-state index contributed by atoms with van der Waals surface area (Å²) in [6.45, 7) is 0. The van der Waals surface area contributed by atoms with Gasteiger partial charge in [-0.3, -0.25) is 4.79 Å². The minimum Gasteiger partial charge on any atom is -0.299 e. The Bertz CT molecular complexity index is 407. The Kier molecular flexibility index (Phi) is 3.27. The lowest BCUT2D eigenvalue weighted by Gasteiger charge is -2.14. The molecule has 0 bridgehead atoms. The van der Waals surface area contributed by atoms with Crippen molar-refractivity contribution in [1.82, 2.24) is 0 Å². The van der Waals surface area contributed by atoms with E-state index >= 15 is 0 Å². The second kappa shape index (κ2) is 4.67. The summed E-state index contributed by atoms with van der Waals surface area (Å²) in [5, 5.41) is 0. The Balaban J connectivity index is 2.26. The van der Waals surface area contributed by atoms with Gasteiger partial charge in [0.05, 0.1) is 0 Å². The van der Waals surface area contributed by atoms with Gasteiger partial charge in [-0.15, -0.1) is 0 Å². The number of benzene rings is 1. The summed E-state index contributed by atoms with van der Waals surface area (Å²) in [6.07, 6.45) is 6.32. The van der Waals surface area contributed by atoms with Gasteiger partial charge in [0, 0.05) is 18.6 Å². The first-order chi connectivity index (χ1) is 7.29. The first-order valence-corrected chi connectivity index (χ1v) is 5.84. The van der Waals surface area contributed by atoms with Gasteiger partial charge in [-0.05, 0) is 23.1 Å². The van der Waals surface area contributed by atoms with E-state index in [0.29, 0.717) is 18.6 Å². The molecule has 0 radical (unpaired) electrons. The number of thiol groups is 1. The van der Waals surface area contributed by atoms with Gasteiger partial charge in [0.1, 0.15) is 5.78 Å². The molecular formula is C13H14OS. The highest BCUT2D eigenvalue weighted by atomic mass is 32.1. The van der Waals surface area contributed by atoms with Crippen LogP contribution in [-0.4, -0.2) is 11.5 Å². The molecule has 78 valence electrons. The van der Waals surface area contributed by atoms with Crippen LogP contribution >= 0.6 is 12.6 Å². The second-order valence-electron chi connectivity index (χ2n) is 3.83. The van der Waals surface area contributed by atoms with Gasteiger partial charge >= 0.3 is 0 Å². The number of hydrogen-bond donors (Lipinski definition) is 1. The predicted molar refractivity (Wildman–Crippen MR) is 66.4 cm³/mol. The van der Waals surface area contributed by atoms with Gasteiger partial charge < -0.3 is 0 Å². The van der Waals surface area contributed by atoms with E-state index < -0.39 is 0 Å². The van der Waals surface area contributed by atoms with Gasteiger partial charge in [0.25, 0.3) is 0 Å². The van der Waals surface area contributed by atoms with Crippen LogP contribution in [0.4, 0.5) is 0 Å². The number of fused-ring (bicyclic) bond motifs is 1. The first kappa shape index (κ1) is 10.5. The van der Waals surface area contributed by atoms with Crippen molar-refractivity contribution in [2.45, 2.75) is 19.3 Å². The molecule has 0 fully saturated rings. The Morgan fingerprint density at radius 3 is 2.93 bits per heavy atom. The molecule has 1 aliphatic rings. The minimum absolute atomic E-state index is 0.362. The largest absolute Gasteiger partial charge is 0.299 e. The van der Waals surface area contributed by atoms with Crippen LogP contribution in [0.1, 0.15) is 23.1 Å². The molecule has 0 spiro atoms. The Labute approximate surface area is 95.6 Å². The highest BCUT2D eigenvalue weighted by Crippen LogP contribution is 2.21. The molecule has 1 aromatic carbocycles. The van der Waals surface area contributed by atoms with E-state index in [0.717, 1.165) is 12.2 Å². The number of carbonyl (C=O) groups excluding carboxylic acids is 1. The number of Topliss-reactive ketones (excluding diaryl/α,β-unsaturated/α-hetero) is 1. The summed E-state index contributed by atoms with van der Waals surface area (Å²) in [5.74, 6) is 1.12. The first-order valence-electron chi connectivity index (χ1n) is 5.20. The van der Waals surface area contributed by atoms with Crippen LogP contribution in [0.15, 0.2) is 24.3 Å². The van der Waals surface area contributed by atoms with Crippen LogP contribution in [0.25, 0.3) is 6.08 Å². The number of carbonyl (C=O) groups is 1. The Hall–Kier alpha value is -1.02. The topological polar surface area (TPSA) is 17.1 Å². The number of aryl methyl sites for hydroxylation is 1. The molecular weight excluding hydrogens is 204 g/mol. The highest BCUT2D eigenvalue weighted by Gasteiger charge is 2.14. The lowest BCUT2D eigenvalue weighted by Crippen LogP contribution is -2.13. The summed E-state index contributed by atoms with van der Waals surface area (Å²) in [6, 6.07) is 6.32. The molecule has 1 nitrogen and oxygen atoms in total. The number of ketones is 1. The van der Waals surface area contributed by atoms with E-state index in [2.05, 4.69) is 36.9 Å². The molecule has 0 saturated carbocycles. The molecule has 0 aromatic heterocycles. The minimum atomic E-state index is 0.362. The molecule has 0 aliphatic heterocycles. The van der Waals surface area contributed by atoms with Crippen molar-refractivity contribution >= 4 is 24.5 Å². The molecule has 0 unspecified atom stereocenters. The van der Waals surface area contributed by atoms with Crippen LogP contribution < -0.4 is 0 Å². The quantitative estimate of drug-likeness (QED) is 0.755. The summed E-state index contributed by atoms with van der Waals surface area (Å²) >= 11 is 4.13. The van der Waals surface area contributed by atoms with Gasteiger partial charge in [-0.2, -0.15) is 12.6 Å². The fourth-order valence-corrected chi connectivity index (χ4v) is 2.02. The number of rotatable bonds is 2. The zero-order valence-electron chi connectivity index (χ0n) is 8.57. The average Bonchev–Trinajstić information content (AvgIpc) is 2.26. The third-order valence-electron chi connectivity index (χ3n) is 2.71. The van der Waals surface area contributed by atoms with Gasteiger partial charge in [0.15, 0.2) is 0 Å². The molecule has 0 saturated heterocycles. The summed E-state index contributed by atoms with van der Waals surface area (Å²) in [5.41, 5.74) is 3.74. The van der Waals surface area contributed by atoms with E-state index in [-0.39, 0.29) is 0 Å². The van der Waals surface area contributed by atoms with Crippen LogP contribution in [0, 0.1) is 0 Å². The van der Waals surface area contributed by atoms with Crippen molar-refractivity contribution in [2.75, 3.05) is 5.75 Å². The van der Waals surface area contributed by atoms with Crippen molar-refractivity contribution < 1.29 is 4.79 Å². The maximum Gasteiger partial charge on any atom is 0.137 e. The molecule has 0 atom stereocenters. The molecule has 1 aromatic rings. The predicted octanol–water partition coefficient (Wildman–Crippen LogP) is 2.69. The fraction of sp³-hybridized carbons (Fsp3) is 0.308. The molecule has 0 heterocycles. The molecule has 0 amide bonds. The van der Waals surface area contributed by atoms with Crippen molar-refractivity contribution in [3.05, 3.63) is 41.0 Å². The smallest absolute Gasteiger partial charge is 0.137 e. The van der Waals surface area contributed by atoms with Gasteiger partial charge in [0.2, 0.25) is 0 Å². The van der Waals surface area contributed by atoms with E-state index in [9.17, 15) is 4.79 Å². The van der Waals surface area contributed by atoms with E-state index in [1.54, 1.807) is 0 Å². The van der Waals surface area contributed by atoms with Crippen molar-refractivity contribution in [3.8, 4) is 0 Å². The van der Waals surface area contributed by atoms with Crippen molar-refractivity contribution in [2.24, 2.45) is 0 Å². The van der Waals surface area contributed by atoms with Gasteiger partial charge in [-0.1, -0.05) is 30.4 Å². The average molecular weight is 218 g/mol. The number of hydrogen-bond acceptors (Lipinski definition) is 2. The summed E-state index contributed by atoms with van der Waals surface area (Å²) in [7, 11) is 0. The zero-order valence-corrected chi connectivity index (χ0v) is 9.47. The maximum atomic E-state index is 11.3. The molecule has 0 N–H and O–H groups in total. The molecule has 2 rings (SSSR count). The monoisotopic (exact) mass is 218 g/mol. The molecule has 15 heavy (non-hydrogen) atoms. The van der Waals surface area contributed by atoms with E-state index in [4.69, 9.17) is 0 Å². The molecule has 1 aliphatic carbocycles. The highest BCUT2D eigenvalue weighted by molar-refractivity contribution is 7.80. The summed E-state index contributed by atoms with van der Waals surface area (Å²) in [4.78, 5) is 11.3. The van der Waals surface area contributed by atoms with E-state index in [1.165, 1.54) is 16.7 Å². The van der Waals surface area contributed by atoms with Crippen LogP contribution in [0.5, 0.6) is 0 Å². The lowest BCUT2D eigenvalue weighted by molar-refractivity contribution is -0.118. The second-order valence-corrected chi connectivity index (χ2v) is 4.19. The fourth-order valence-electron chi connectivity index (χ4n) is 1.92. The van der Waals surface area contributed by atoms with Crippen molar-refractivity contribution in [3.63, 3.8) is 0 Å². The Morgan fingerprint density at radius 1 is 1.27 bits per heavy atom. The van der Waals surface area contributed by atoms with Crippen LogP contribution in [0.2, 0.25) is 0 Å². The normalized spacial score (nSPS) is 15.7. The Morgan fingerprint density at radius 2 is 2.13 bits per heavy atom. The SMILES string of the molecule is O=C1CCc2cc(C=CCS)ccc2C1. The standard InChI is InChI=1S/C13H14OS/c14-13-6-5-11-8-10(2-1-7-15)3-4-12(11)9-13/h1-4,8,15H,5-7,9H2. The molecule has 2 heteroatoms.